The molecule has 0 aliphatic carbocycles. The van der Waals surface area contributed by atoms with Crippen molar-refractivity contribution < 1.29 is 9.59 Å². The minimum Gasteiger partial charge on any atom is -0.342 e. The lowest BCUT2D eigenvalue weighted by molar-refractivity contribution is -0.133. The maximum absolute atomic E-state index is 12.5. The number of anilines is 1. The molecule has 4 N–H and O–H groups in total. The molecule has 1 aliphatic heterocycles. The maximum atomic E-state index is 12.5. The zero-order valence-corrected chi connectivity index (χ0v) is 16.7. The van der Waals surface area contributed by atoms with Gasteiger partial charge in [0.05, 0.1) is 6.42 Å². The molecule has 1 saturated heterocycles. The van der Waals surface area contributed by atoms with E-state index in [2.05, 4.69) is 24.5 Å². The van der Waals surface area contributed by atoms with Gasteiger partial charge in [-0.3, -0.25) is 4.79 Å². The molecule has 1 heterocycles. The van der Waals surface area contributed by atoms with Gasteiger partial charge in [0, 0.05) is 31.4 Å². The van der Waals surface area contributed by atoms with E-state index in [0.717, 1.165) is 30.6 Å². The fraction of sp³-hybridized carbons (Fsp3) is 0.579. The van der Waals surface area contributed by atoms with Crippen LogP contribution in [0.1, 0.15) is 39.2 Å². The molecule has 1 atom stereocenters. The van der Waals surface area contributed by atoms with Gasteiger partial charge in [-0.05, 0) is 36.0 Å². The molecular formula is C19H31ClN4O2. The van der Waals surface area contributed by atoms with Crippen LogP contribution in [-0.2, 0) is 11.2 Å². The van der Waals surface area contributed by atoms with Gasteiger partial charge in [-0.2, -0.15) is 0 Å². The van der Waals surface area contributed by atoms with Gasteiger partial charge >= 0.3 is 6.03 Å². The highest BCUT2D eigenvalue weighted by atomic mass is 35.5. The number of likely N-dealkylation sites (tertiary alicyclic amines) is 1. The summed E-state index contributed by atoms with van der Waals surface area (Å²) >= 11 is 0. The Labute approximate surface area is 162 Å². The van der Waals surface area contributed by atoms with Crippen LogP contribution < -0.4 is 16.4 Å². The van der Waals surface area contributed by atoms with Crippen LogP contribution in [0, 0.1) is 5.41 Å². The molecule has 1 aliphatic rings. The number of hydrogen-bond donors (Lipinski definition) is 3. The monoisotopic (exact) mass is 382 g/mol. The minimum atomic E-state index is -0.211. The summed E-state index contributed by atoms with van der Waals surface area (Å²) in [5, 5.41) is 5.54. The molecule has 1 aromatic rings. The van der Waals surface area contributed by atoms with Crippen molar-refractivity contribution in [3.05, 3.63) is 29.8 Å². The van der Waals surface area contributed by atoms with E-state index in [1.807, 2.05) is 36.1 Å². The predicted octanol–water partition coefficient (Wildman–Crippen LogP) is 2.77. The van der Waals surface area contributed by atoms with Crippen LogP contribution in [-0.4, -0.2) is 42.5 Å². The lowest BCUT2D eigenvalue weighted by Crippen LogP contribution is -2.54. The highest BCUT2D eigenvalue weighted by molar-refractivity contribution is 5.89. The zero-order valence-electron chi connectivity index (χ0n) is 15.9. The topological polar surface area (TPSA) is 87.5 Å². The van der Waals surface area contributed by atoms with Crippen LogP contribution in [0.25, 0.3) is 0 Å². The number of halogens is 1. The van der Waals surface area contributed by atoms with Crippen molar-refractivity contribution in [2.24, 2.45) is 11.1 Å². The van der Waals surface area contributed by atoms with Gasteiger partial charge in [-0.25, -0.2) is 4.79 Å². The van der Waals surface area contributed by atoms with Crippen LogP contribution in [0.4, 0.5) is 10.5 Å². The summed E-state index contributed by atoms with van der Waals surface area (Å²) in [6.45, 7) is 8.30. The van der Waals surface area contributed by atoms with E-state index >= 15 is 0 Å². The second kappa shape index (κ2) is 9.78. The van der Waals surface area contributed by atoms with Crippen molar-refractivity contribution >= 4 is 30.0 Å². The molecule has 1 fully saturated rings. The van der Waals surface area contributed by atoms with E-state index in [1.54, 1.807) is 0 Å². The van der Waals surface area contributed by atoms with E-state index < -0.39 is 0 Å². The fourth-order valence-electron chi connectivity index (χ4n) is 2.99. The summed E-state index contributed by atoms with van der Waals surface area (Å²) < 4.78 is 0. The van der Waals surface area contributed by atoms with Crippen molar-refractivity contribution in [1.29, 1.82) is 0 Å². The lowest BCUT2D eigenvalue weighted by atomic mass is 9.79. The number of rotatable bonds is 5. The number of nitrogens with two attached hydrogens (primary N) is 1. The quantitative estimate of drug-likeness (QED) is 0.731. The van der Waals surface area contributed by atoms with Gasteiger partial charge in [0.25, 0.3) is 0 Å². The number of piperidine rings is 1. The SMILES string of the molecule is CCCNC(=O)Nc1ccc(CC(=O)N2CCC(N)C(C)(C)C2)cc1.Cl. The summed E-state index contributed by atoms with van der Waals surface area (Å²) in [6.07, 6.45) is 2.11. The first-order valence-electron chi connectivity index (χ1n) is 8.99. The molecule has 0 spiro atoms. The maximum Gasteiger partial charge on any atom is 0.319 e. The third-order valence-electron chi connectivity index (χ3n) is 4.77. The van der Waals surface area contributed by atoms with Crippen molar-refractivity contribution in [2.45, 2.75) is 46.1 Å². The van der Waals surface area contributed by atoms with Crippen LogP contribution >= 0.6 is 12.4 Å². The van der Waals surface area contributed by atoms with E-state index in [9.17, 15) is 9.59 Å². The largest absolute Gasteiger partial charge is 0.342 e. The standard InChI is InChI=1S/C19H30N4O2.ClH/c1-4-10-21-18(25)22-15-7-5-14(6-8-15)12-17(24)23-11-9-16(20)19(2,3)13-23;/h5-8,16H,4,9-13,20H2,1-3H3,(H2,21,22,25);1H. The molecule has 7 heteroatoms. The average molecular weight is 383 g/mol. The van der Waals surface area contributed by atoms with Crippen LogP contribution in [0.5, 0.6) is 0 Å². The van der Waals surface area contributed by atoms with Crippen LogP contribution in [0.3, 0.4) is 0 Å². The first-order valence-corrected chi connectivity index (χ1v) is 8.99. The lowest BCUT2D eigenvalue weighted by Gasteiger charge is -2.42. The Hall–Kier alpha value is -1.79. The molecule has 26 heavy (non-hydrogen) atoms. The molecule has 6 nitrogen and oxygen atoms in total. The number of carbonyl (C=O) groups is 2. The first kappa shape index (κ1) is 22.3. The minimum absolute atomic E-state index is 0. The van der Waals surface area contributed by atoms with Crippen molar-refractivity contribution in [3.63, 3.8) is 0 Å². The zero-order chi connectivity index (χ0) is 18.4. The molecule has 3 amide bonds. The van der Waals surface area contributed by atoms with Crippen molar-refractivity contribution in [2.75, 3.05) is 25.0 Å². The molecule has 0 bridgehead atoms. The Balaban J connectivity index is 0.00000338. The summed E-state index contributed by atoms with van der Waals surface area (Å²) in [5.74, 6) is 0.126. The average Bonchev–Trinajstić information content (AvgIpc) is 2.57. The summed E-state index contributed by atoms with van der Waals surface area (Å²) in [5.41, 5.74) is 7.75. The Bertz CT molecular complexity index is 604. The Morgan fingerprint density at radius 2 is 1.92 bits per heavy atom. The van der Waals surface area contributed by atoms with Crippen LogP contribution in [0.15, 0.2) is 24.3 Å². The number of nitrogens with one attached hydrogen (secondary N) is 2. The second-order valence-electron chi connectivity index (χ2n) is 7.45. The molecule has 1 unspecified atom stereocenters. The van der Waals surface area contributed by atoms with Crippen molar-refractivity contribution in [3.8, 4) is 0 Å². The van der Waals surface area contributed by atoms with Crippen molar-refractivity contribution in [1.82, 2.24) is 10.2 Å². The normalized spacial score (nSPS) is 18.6. The smallest absolute Gasteiger partial charge is 0.319 e. The van der Waals surface area contributed by atoms with E-state index in [-0.39, 0.29) is 35.8 Å². The molecule has 0 saturated carbocycles. The predicted molar refractivity (Wildman–Crippen MR) is 108 cm³/mol. The number of benzene rings is 1. The first-order chi connectivity index (χ1) is 11.8. The van der Waals surface area contributed by atoms with Gasteiger partial charge in [0.1, 0.15) is 0 Å². The number of amides is 3. The highest BCUT2D eigenvalue weighted by Gasteiger charge is 2.35. The van der Waals surface area contributed by atoms with Gasteiger partial charge in [0.15, 0.2) is 0 Å². The van der Waals surface area contributed by atoms with Gasteiger partial charge in [-0.1, -0.05) is 32.9 Å². The van der Waals surface area contributed by atoms with Gasteiger partial charge < -0.3 is 21.3 Å². The molecule has 0 aromatic heterocycles. The van der Waals surface area contributed by atoms with E-state index in [0.29, 0.717) is 19.5 Å². The number of carbonyl (C=O) groups excluding carboxylic acids is 2. The Kier molecular flexibility index (Phi) is 8.37. The van der Waals surface area contributed by atoms with E-state index in [1.165, 1.54) is 0 Å². The Morgan fingerprint density at radius 3 is 2.50 bits per heavy atom. The number of urea groups is 1. The molecule has 0 radical (unpaired) electrons. The van der Waals surface area contributed by atoms with Gasteiger partial charge in [0.2, 0.25) is 5.91 Å². The highest BCUT2D eigenvalue weighted by Crippen LogP contribution is 2.28. The van der Waals surface area contributed by atoms with E-state index in [4.69, 9.17) is 5.73 Å². The summed E-state index contributed by atoms with van der Waals surface area (Å²) in [7, 11) is 0. The molecule has 2 rings (SSSR count). The molecule has 1 aromatic carbocycles. The summed E-state index contributed by atoms with van der Waals surface area (Å²) in [6, 6.07) is 7.34. The number of nitrogens with zero attached hydrogens (tertiary/aromatic N) is 1. The van der Waals surface area contributed by atoms with Crippen LogP contribution in [0.2, 0.25) is 0 Å². The fourth-order valence-corrected chi connectivity index (χ4v) is 2.99. The molecule has 146 valence electrons. The Morgan fingerprint density at radius 1 is 1.27 bits per heavy atom. The number of hydrogen-bond acceptors (Lipinski definition) is 3. The second-order valence-corrected chi connectivity index (χ2v) is 7.45. The van der Waals surface area contributed by atoms with Gasteiger partial charge in [-0.15, -0.1) is 12.4 Å². The third kappa shape index (κ3) is 6.18. The molecular weight excluding hydrogens is 352 g/mol. The third-order valence-corrected chi connectivity index (χ3v) is 4.77. The summed E-state index contributed by atoms with van der Waals surface area (Å²) in [4.78, 5) is 26.1.